The molecule has 5 rings (SSSR count). The number of aryl methyl sites for hydroxylation is 1. The largest absolute Gasteiger partial charge is 0.484 e. The molecule has 1 aromatic heterocycles. The van der Waals surface area contributed by atoms with Crippen LogP contribution in [-0.4, -0.2) is 69.9 Å². The number of rotatable bonds is 8. The van der Waals surface area contributed by atoms with Gasteiger partial charge in [0.1, 0.15) is 17.9 Å². The van der Waals surface area contributed by atoms with Crippen molar-refractivity contribution in [3.63, 3.8) is 0 Å². The lowest BCUT2D eigenvalue weighted by molar-refractivity contribution is -0.135. The number of aromatic nitrogens is 2. The summed E-state index contributed by atoms with van der Waals surface area (Å²) < 4.78 is 7.36. The highest BCUT2D eigenvalue weighted by Crippen LogP contribution is 2.25. The van der Waals surface area contributed by atoms with Gasteiger partial charge in [0.2, 0.25) is 5.78 Å². The van der Waals surface area contributed by atoms with Gasteiger partial charge in [-0.25, -0.2) is 4.98 Å². The van der Waals surface area contributed by atoms with E-state index in [9.17, 15) is 14.4 Å². The van der Waals surface area contributed by atoms with E-state index in [-0.39, 0.29) is 53.8 Å². The zero-order valence-corrected chi connectivity index (χ0v) is 22.4. The van der Waals surface area contributed by atoms with E-state index in [1.54, 1.807) is 45.9 Å². The van der Waals surface area contributed by atoms with Gasteiger partial charge < -0.3 is 26.0 Å². The van der Waals surface area contributed by atoms with Crippen molar-refractivity contribution >= 4 is 23.4 Å². The first-order chi connectivity index (χ1) is 18.7. The van der Waals surface area contributed by atoms with Crippen LogP contribution in [0.25, 0.3) is 5.69 Å². The highest BCUT2D eigenvalue weighted by Gasteiger charge is 2.26. The molecule has 2 aromatic carbocycles. The van der Waals surface area contributed by atoms with Gasteiger partial charge in [-0.15, -0.1) is 0 Å². The van der Waals surface area contributed by atoms with Crippen LogP contribution in [-0.2, 0) is 4.79 Å². The number of hydrogen-bond acceptors (Lipinski definition) is 7. The summed E-state index contributed by atoms with van der Waals surface area (Å²) in [7, 11) is 0. The van der Waals surface area contributed by atoms with E-state index in [1.807, 2.05) is 26.8 Å². The maximum atomic E-state index is 13.4. The Hall–Kier alpha value is -4.18. The summed E-state index contributed by atoms with van der Waals surface area (Å²) in [6.45, 7) is 7.13. The van der Waals surface area contributed by atoms with Crippen LogP contribution in [0.1, 0.15) is 58.7 Å². The summed E-state index contributed by atoms with van der Waals surface area (Å²) >= 11 is 0. The fourth-order valence-corrected chi connectivity index (χ4v) is 4.86. The van der Waals surface area contributed by atoms with Crippen LogP contribution in [0.5, 0.6) is 5.75 Å². The molecular weight excluding hydrogens is 496 g/mol. The van der Waals surface area contributed by atoms with E-state index in [2.05, 4.69) is 15.6 Å². The summed E-state index contributed by atoms with van der Waals surface area (Å²) in [6.07, 6.45) is 3.49. The van der Waals surface area contributed by atoms with Crippen LogP contribution in [0.3, 0.4) is 0 Å². The minimum atomic E-state index is -0.368. The average Bonchev–Trinajstić information content (AvgIpc) is 3.65. The van der Waals surface area contributed by atoms with Crippen molar-refractivity contribution in [2.75, 3.05) is 25.4 Å². The second kappa shape index (κ2) is 10.9. The Labute approximate surface area is 227 Å². The molecule has 10 nitrogen and oxygen atoms in total. The molecule has 10 heteroatoms. The quantitative estimate of drug-likeness (QED) is 0.381. The van der Waals surface area contributed by atoms with Gasteiger partial charge in [0, 0.05) is 42.3 Å². The van der Waals surface area contributed by atoms with Crippen molar-refractivity contribution in [3.05, 3.63) is 71.2 Å². The summed E-state index contributed by atoms with van der Waals surface area (Å²) in [6, 6.07) is 12.7. The summed E-state index contributed by atoms with van der Waals surface area (Å²) in [4.78, 5) is 44.7. The Morgan fingerprint density at radius 2 is 1.82 bits per heavy atom. The van der Waals surface area contributed by atoms with Gasteiger partial charge in [-0.3, -0.25) is 19.0 Å². The monoisotopic (exact) mass is 530 g/mol. The molecule has 4 N–H and O–H groups in total. The zero-order chi connectivity index (χ0) is 27.7. The van der Waals surface area contributed by atoms with Gasteiger partial charge in [-0.1, -0.05) is 18.2 Å². The highest BCUT2D eigenvalue weighted by atomic mass is 16.5. The van der Waals surface area contributed by atoms with Gasteiger partial charge in [0.05, 0.1) is 5.69 Å². The molecule has 39 heavy (non-hydrogen) atoms. The number of ketones is 1. The second-order valence-electron chi connectivity index (χ2n) is 10.5. The maximum absolute atomic E-state index is 13.4. The number of nitrogen functional groups attached to an aromatic ring is 1. The van der Waals surface area contributed by atoms with Gasteiger partial charge in [-0.05, 0) is 63.4 Å². The highest BCUT2D eigenvalue weighted by molar-refractivity contribution is 6.10. The van der Waals surface area contributed by atoms with E-state index >= 15 is 0 Å². The van der Waals surface area contributed by atoms with Crippen LogP contribution in [0.15, 0.2) is 48.8 Å². The lowest BCUT2D eigenvalue weighted by Crippen LogP contribution is -2.56. The second-order valence-corrected chi connectivity index (χ2v) is 10.5. The van der Waals surface area contributed by atoms with Gasteiger partial charge in [-0.2, -0.15) is 0 Å². The van der Waals surface area contributed by atoms with Crippen LogP contribution in [0, 0.1) is 6.92 Å². The van der Waals surface area contributed by atoms with Crippen molar-refractivity contribution in [1.82, 2.24) is 25.1 Å². The molecule has 2 amide bonds. The van der Waals surface area contributed by atoms with E-state index in [1.165, 1.54) is 6.33 Å². The summed E-state index contributed by atoms with van der Waals surface area (Å²) in [5.41, 5.74) is 8.91. The maximum Gasteiger partial charge on any atom is 0.260 e. The lowest BCUT2D eigenvalue weighted by atomic mass is 10.1. The normalized spacial score (nSPS) is 19.0. The van der Waals surface area contributed by atoms with E-state index in [4.69, 9.17) is 10.5 Å². The molecule has 2 aliphatic rings. The molecular formula is C29H34N6O4. The van der Waals surface area contributed by atoms with Crippen molar-refractivity contribution in [2.24, 2.45) is 0 Å². The number of carbonyl (C=O) groups excluding carboxylic acids is 3. The zero-order valence-electron chi connectivity index (χ0n) is 22.4. The predicted molar refractivity (Wildman–Crippen MR) is 147 cm³/mol. The number of anilines is 1. The summed E-state index contributed by atoms with van der Waals surface area (Å²) in [5, 5.41) is 6.39. The third kappa shape index (κ3) is 5.96. The molecule has 2 unspecified atom stereocenters. The third-order valence-electron chi connectivity index (χ3n) is 7.03. The number of ether oxygens (including phenoxy) is 1. The fourth-order valence-electron chi connectivity index (χ4n) is 4.86. The Kier molecular flexibility index (Phi) is 7.38. The van der Waals surface area contributed by atoms with E-state index < -0.39 is 0 Å². The first kappa shape index (κ1) is 26.4. The molecule has 1 aliphatic carbocycles. The first-order valence-electron chi connectivity index (χ1n) is 13.3. The van der Waals surface area contributed by atoms with Crippen LogP contribution < -0.4 is 21.1 Å². The third-order valence-corrected chi connectivity index (χ3v) is 7.03. The van der Waals surface area contributed by atoms with Crippen molar-refractivity contribution in [1.29, 1.82) is 0 Å². The van der Waals surface area contributed by atoms with E-state index in [0.29, 0.717) is 35.7 Å². The minimum absolute atomic E-state index is 0.0965. The van der Waals surface area contributed by atoms with Crippen LogP contribution in [0.2, 0.25) is 0 Å². The number of imidazole rings is 1. The van der Waals surface area contributed by atoms with Gasteiger partial charge >= 0.3 is 0 Å². The Balaban J connectivity index is 1.30. The van der Waals surface area contributed by atoms with Crippen LogP contribution in [0.4, 0.5) is 5.82 Å². The molecule has 0 bridgehead atoms. The van der Waals surface area contributed by atoms with E-state index in [0.717, 1.165) is 18.4 Å². The summed E-state index contributed by atoms with van der Waals surface area (Å²) in [5.74, 6) is -0.0173. The topological polar surface area (TPSA) is 132 Å². The van der Waals surface area contributed by atoms with Gasteiger partial charge in [0.25, 0.3) is 11.8 Å². The molecule has 2 heterocycles. The average molecular weight is 531 g/mol. The SMILES string of the molecule is Cc1ccc(C(=O)NC2CC2)cc1-n1cnc(C(=O)c2cccc(OCC(=O)N3CC(C)NC(C)C3)c2)c1N. The Morgan fingerprint density at radius 1 is 1.08 bits per heavy atom. The first-order valence-corrected chi connectivity index (χ1v) is 13.3. The van der Waals surface area contributed by atoms with Crippen LogP contribution >= 0.6 is 0 Å². The van der Waals surface area contributed by atoms with Crippen molar-refractivity contribution in [3.8, 4) is 11.4 Å². The molecule has 3 aromatic rings. The number of amides is 2. The fraction of sp³-hybridized carbons (Fsp3) is 0.379. The molecule has 1 saturated carbocycles. The Bertz CT molecular complexity index is 1400. The molecule has 0 spiro atoms. The molecule has 1 saturated heterocycles. The molecule has 2 fully saturated rings. The molecule has 1 aliphatic heterocycles. The number of nitrogens with one attached hydrogen (secondary N) is 2. The number of carbonyl (C=O) groups is 3. The Morgan fingerprint density at radius 3 is 2.54 bits per heavy atom. The molecule has 0 radical (unpaired) electrons. The standard InChI is InChI=1S/C29H34N6O4/c1-17-7-8-21(29(38)33-22-9-10-22)12-24(17)35-16-31-26(28(35)30)27(37)20-5-4-6-23(11-20)39-15-25(36)34-13-18(2)32-19(3)14-34/h4-8,11-12,16,18-19,22,32H,9-10,13-15,30H2,1-3H3,(H,33,38). The number of nitrogens with zero attached hydrogens (tertiary/aromatic N) is 3. The lowest BCUT2D eigenvalue weighted by Gasteiger charge is -2.36. The minimum Gasteiger partial charge on any atom is -0.484 e. The number of piperazine rings is 1. The number of benzene rings is 2. The smallest absolute Gasteiger partial charge is 0.260 e. The number of hydrogen-bond donors (Lipinski definition) is 3. The van der Waals surface area contributed by atoms with Crippen molar-refractivity contribution in [2.45, 2.75) is 51.7 Å². The molecule has 2 atom stereocenters. The van der Waals surface area contributed by atoms with Crippen molar-refractivity contribution < 1.29 is 19.1 Å². The van der Waals surface area contributed by atoms with Gasteiger partial charge in [0.15, 0.2) is 12.3 Å². The predicted octanol–water partition coefficient (Wildman–Crippen LogP) is 2.47. The number of nitrogens with two attached hydrogens (primary N) is 1. The molecule has 204 valence electrons.